The summed E-state index contributed by atoms with van der Waals surface area (Å²) < 4.78 is 1.52. The van der Waals surface area contributed by atoms with Crippen LogP contribution in [0.25, 0.3) is 5.78 Å². The summed E-state index contributed by atoms with van der Waals surface area (Å²) in [4.78, 5) is 19.2. The number of aromatic carboxylic acids is 1. The molecule has 0 bridgehead atoms. The Bertz CT molecular complexity index is 547. The van der Waals surface area contributed by atoms with Gasteiger partial charge >= 0.3 is 5.97 Å². The average molecular weight is 220 g/mol. The van der Waals surface area contributed by atoms with Gasteiger partial charge in [-0.05, 0) is 6.42 Å². The summed E-state index contributed by atoms with van der Waals surface area (Å²) in [6.45, 7) is 3.83. The maximum absolute atomic E-state index is 11.0. The van der Waals surface area contributed by atoms with E-state index in [0.717, 1.165) is 0 Å². The molecule has 6 heteroatoms. The molecule has 0 aliphatic heterocycles. The maximum Gasteiger partial charge on any atom is 0.339 e. The van der Waals surface area contributed by atoms with Gasteiger partial charge in [0.05, 0.1) is 11.3 Å². The molecule has 0 aliphatic rings. The molecule has 0 aromatic carbocycles. The number of aromatic nitrogens is 4. The lowest BCUT2D eigenvalue weighted by Gasteiger charge is -2.03. The third-order valence-electron chi connectivity index (χ3n) is 2.39. The molecule has 0 amide bonds. The minimum atomic E-state index is -0.986. The van der Waals surface area contributed by atoms with E-state index in [0.29, 0.717) is 30.1 Å². The van der Waals surface area contributed by atoms with Crippen LogP contribution in [0.1, 0.15) is 35.7 Å². The van der Waals surface area contributed by atoms with Crippen molar-refractivity contribution in [2.45, 2.75) is 26.7 Å². The fourth-order valence-corrected chi connectivity index (χ4v) is 1.59. The van der Waals surface area contributed by atoms with Crippen LogP contribution in [0, 0.1) is 0 Å². The Morgan fingerprint density at radius 3 is 2.75 bits per heavy atom. The molecule has 0 saturated carbocycles. The van der Waals surface area contributed by atoms with Gasteiger partial charge in [-0.15, -0.1) is 5.10 Å². The Morgan fingerprint density at radius 1 is 1.44 bits per heavy atom. The molecule has 0 atom stereocenters. The summed E-state index contributed by atoms with van der Waals surface area (Å²) in [5.74, 6) is 0.142. The molecule has 16 heavy (non-hydrogen) atoms. The van der Waals surface area contributed by atoms with E-state index in [1.165, 1.54) is 10.7 Å². The fraction of sp³-hybridized carbons (Fsp3) is 0.400. The number of carboxylic acid groups (broad SMARTS) is 1. The topological polar surface area (TPSA) is 80.4 Å². The van der Waals surface area contributed by atoms with Crippen molar-refractivity contribution < 1.29 is 9.90 Å². The van der Waals surface area contributed by atoms with Crippen LogP contribution in [0.3, 0.4) is 0 Å². The van der Waals surface area contributed by atoms with Gasteiger partial charge in [-0.3, -0.25) is 0 Å². The Labute approximate surface area is 92.0 Å². The van der Waals surface area contributed by atoms with E-state index in [2.05, 4.69) is 15.1 Å². The van der Waals surface area contributed by atoms with Crippen LogP contribution in [0.4, 0.5) is 0 Å². The first kappa shape index (κ1) is 10.5. The van der Waals surface area contributed by atoms with E-state index in [1.807, 2.05) is 13.8 Å². The number of carboxylic acids is 1. The van der Waals surface area contributed by atoms with E-state index < -0.39 is 5.97 Å². The molecule has 0 spiro atoms. The number of hydrogen-bond donors (Lipinski definition) is 1. The van der Waals surface area contributed by atoms with E-state index in [-0.39, 0.29) is 5.56 Å². The van der Waals surface area contributed by atoms with Gasteiger partial charge in [-0.25, -0.2) is 14.3 Å². The van der Waals surface area contributed by atoms with Crippen LogP contribution < -0.4 is 0 Å². The Balaban J connectivity index is 2.74. The molecule has 0 aliphatic carbocycles. The normalized spacial score (nSPS) is 10.9. The summed E-state index contributed by atoms with van der Waals surface area (Å²) >= 11 is 0. The van der Waals surface area contributed by atoms with Crippen molar-refractivity contribution in [2.75, 3.05) is 0 Å². The third kappa shape index (κ3) is 1.52. The number of carbonyl (C=O) groups is 1. The van der Waals surface area contributed by atoms with Crippen LogP contribution in [-0.2, 0) is 12.8 Å². The largest absolute Gasteiger partial charge is 0.478 e. The van der Waals surface area contributed by atoms with Crippen molar-refractivity contribution in [3.05, 3.63) is 23.3 Å². The molecule has 2 aromatic rings. The smallest absolute Gasteiger partial charge is 0.339 e. The van der Waals surface area contributed by atoms with Gasteiger partial charge in [0.1, 0.15) is 0 Å². The van der Waals surface area contributed by atoms with Crippen molar-refractivity contribution in [3.63, 3.8) is 0 Å². The first-order chi connectivity index (χ1) is 7.67. The van der Waals surface area contributed by atoms with Crippen LogP contribution in [0.5, 0.6) is 0 Å². The Kier molecular flexibility index (Phi) is 2.55. The van der Waals surface area contributed by atoms with Crippen LogP contribution in [0.15, 0.2) is 6.20 Å². The number of nitrogens with zero attached hydrogens (tertiary/aromatic N) is 4. The first-order valence-corrected chi connectivity index (χ1v) is 5.14. The van der Waals surface area contributed by atoms with Crippen LogP contribution >= 0.6 is 0 Å². The van der Waals surface area contributed by atoms with E-state index in [1.54, 1.807) is 0 Å². The van der Waals surface area contributed by atoms with Gasteiger partial charge in [0.15, 0.2) is 5.82 Å². The molecule has 6 nitrogen and oxygen atoms in total. The summed E-state index contributed by atoms with van der Waals surface area (Å²) in [6, 6.07) is 0. The Hall–Kier alpha value is -1.98. The molecular weight excluding hydrogens is 208 g/mol. The molecule has 84 valence electrons. The van der Waals surface area contributed by atoms with Crippen molar-refractivity contribution in [1.82, 2.24) is 19.6 Å². The predicted octanol–water partition coefficient (Wildman–Crippen LogP) is 0.947. The van der Waals surface area contributed by atoms with E-state index in [4.69, 9.17) is 5.11 Å². The van der Waals surface area contributed by atoms with Gasteiger partial charge in [-0.1, -0.05) is 13.8 Å². The van der Waals surface area contributed by atoms with Gasteiger partial charge < -0.3 is 5.11 Å². The minimum absolute atomic E-state index is 0.183. The van der Waals surface area contributed by atoms with Crippen molar-refractivity contribution >= 4 is 11.7 Å². The molecule has 0 saturated heterocycles. The molecule has 0 unspecified atom stereocenters. The molecule has 2 heterocycles. The van der Waals surface area contributed by atoms with Crippen LogP contribution in [0.2, 0.25) is 0 Å². The summed E-state index contributed by atoms with van der Waals surface area (Å²) in [5, 5.41) is 13.2. The molecular formula is C10H12N4O2. The zero-order valence-corrected chi connectivity index (χ0v) is 9.14. The third-order valence-corrected chi connectivity index (χ3v) is 2.39. The molecule has 1 N–H and O–H groups in total. The second kappa shape index (κ2) is 3.88. The van der Waals surface area contributed by atoms with Crippen molar-refractivity contribution in [1.29, 1.82) is 0 Å². The van der Waals surface area contributed by atoms with Gasteiger partial charge in [0.25, 0.3) is 5.78 Å². The Morgan fingerprint density at radius 2 is 2.19 bits per heavy atom. The average Bonchev–Trinajstić information content (AvgIpc) is 2.69. The van der Waals surface area contributed by atoms with E-state index >= 15 is 0 Å². The highest BCUT2D eigenvalue weighted by Gasteiger charge is 2.15. The molecule has 2 rings (SSSR count). The number of hydrogen-bond acceptors (Lipinski definition) is 4. The lowest BCUT2D eigenvalue weighted by atomic mass is 10.2. The van der Waals surface area contributed by atoms with Gasteiger partial charge in [0, 0.05) is 12.6 Å². The zero-order valence-electron chi connectivity index (χ0n) is 9.14. The zero-order chi connectivity index (χ0) is 11.7. The van der Waals surface area contributed by atoms with Crippen molar-refractivity contribution in [2.24, 2.45) is 0 Å². The number of fused-ring (bicyclic) bond motifs is 1. The minimum Gasteiger partial charge on any atom is -0.478 e. The molecule has 2 aromatic heterocycles. The van der Waals surface area contributed by atoms with Gasteiger partial charge in [-0.2, -0.15) is 4.98 Å². The van der Waals surface area contributed by atoms with Gasteiger partial charge in [0.2, 0.25) is 0 Å². The first-order valence-electron chi connectivity index (χ1n) is 5.14. The fourth-order valence-electron chi connectivity index (χ4n) is 1.59. The summed E-state index contributed by atoms with van der Waals surface area (Å²) in [5.41, 5.74) is 0.812. The molecule has 0 radical (unpaired) electrons. The second-order valence-corrected chi connectivity index (χ2v) is 3.37. The lowest BCUT2D eigenvalue weighted by Crippen LogP contribution is -2.09. The quantitative estimate of drug-likeness (QED) is 0.832. The highest BCUT2D eigenvalue weighted by atomic mass is 16.4. The highest BCUT2D eigenvalue weighted by Crippen LogP contribution is 2.10. The monoisotopic (exact) mass is 220 g/mol. The van der Waals surface area contributed by atoms with Crippen LogP contribution in [-0.4, -0.2) is 30.7 Å². The number of rotatable bonds is 3. The second-order valence-electron chi connectivity index (χ2n) is 3.37. The van der Waals surface area contributed by atoms with E-state index in [9.17, 15) is 4.79 Å². The lowest BCUT2D eigenvalue weighted by molar-refractivity contribution is 0.0694. The maximum atomic E-state index is 11.0. The highest BCUT2D eigenvalue weighted by molar-refractivity contribution is 5.88. The standard InChI is InChI=1S/C10H12N4O2/c1-3-7-6(9(15)16)5-11-10-12-8(4-2)13-14(7)10/h5H,3-4H2,1-2H3,(H,15,16). The SMILES string of the molecule is CCc1nc2ncc(C(=O)O)c(CC)n2n1. The predicted molar refractivity (Wildman–Crippen MR) is 56.5 cm³/mol. The summed E-state index contributed by atoms with van der Waals surface area (Å²) in [7, 11) is 0. The number of aryl methyl sites for hydroxylation is 2. The summed E-state index contributed by atoms with van der Waals surface area (Å²) in [6.07, 6.45) is 2.62. The molecule has 0 fully saturated rings. The van der Waals surface area contributed by atoms with Crippen molar-refractivity contribution in [3.8, 4) is 0 Å².